The van der Waals surface area contributed by atoms with Gasteiger partial charge in [-0.1, -0.05) is 6.07 Å². The number of carbonyl (C=O) groups is 2. The number of amides is 2. The summed E-state index contributed by atoms with van der Waals surface area (Å²) in [6.45, 7) is 1.95. The summed E-state index contributed by atoms with van der Waals surface area (Å²) in [5.41, 5.74) is 2.17. The average Bonchev–Trinajstić information content (AvgIpc) is 2.88. The van der Waals surface area contributed by atoms with Gasteiger partial charge in [0.05, 0.1) is 16.7 Å². The molecule has 1 atom stereocenters. The molecule has 4 rings (SSSR count). The number of anilines is 1. The maximum absolute atomic E-state index is 12.9. The van der Waals surface area contributed by atoms with Crippen molar-refractivity contribution in [3.8, 4) is 0 Å². The van der Waals surface area contributed by atoms with Gasteiger partial charge in [0.25, 0.3) is 0 Å². The van der Waals surface area contributed by atoms with Crippen LogP contribution in [0.2, 0.25) is 0 Å². The van der Waals surface area contributed by atoms with Crippen LogP contribution in [0.25, 0.3) is 11.0 Å². The van der Waals surface area contributed by atoms with Crippen LogP contribution in [0, 0.1) is 0 Å². The number of hydrogen-bond acceptors (Lipinski definition) is 5. The lowest BCUT2D eigenvalue weighted by atomic mass is 10.1. The number of hydrogen-bond donors (Lipinski definition) is 3. The molecule has 1 aromatic carbocycles. The summed E-state index contributed by atoms with van der Waals surface area (Å²) in [4.78, 5) is 36.6. The van der Waals surface area contributed by atoms with E-state index in [1.807, 2.05) is 18.2 Å². The van der Waals surface area contributed by atoms with Gasteiger partial charge in [-0.15, -0.1) is 0 Å². The predicted molar refractivity (Wildman–Crippen MR) is 98.1 cm³/mol. The first kappa shape index (κ1) is 16.8. The molecule has 138 valence electrons. The van der Waals surface area contributed by atoms with Crippen LogP contribution in [0.4, 0.5) is 5.69 Å². The number of nitrogens with zero attached hydrogens (tertiary/aromatic N) is 2. The van der Waals surface area contributed by atoms with Gasteiger partial charge in [0.2, 0.25) is 11.8 Å². The van der Waals surface area contributed by atoms with E-state index in [-0.39, 0.29) is 18.0 Å². The van der Waals surface area contributed by atoms with Crippen LogP contribution >= 0.6 is 0 Å². The van der Waals surface area contributed by atoms with Crippen molar-refractivity contribution < 1.29 is 9.59 Å². The predicted octanol–water partition coefficient (Wildman–Crippen LogP) is 0.482. The van der Waals surface area contributed by atoms with E-state index in [9.17, 15) is 14.4 Å². The van der Waals surface area contributed by atoms with Gasteiger partial charge in [-0.3, -0.25) is 24.0 Å². The highest BCUT2D eigenvalue weighted by atomic mass is 16.2. The number of aryl methyl sites for hydroxylation is 1. The number of imidazole rings is 1. The zero-order chi connectivity index (χ0) is 18.3. The third-order valence-electron chi connectivity index (χ3n) is 5.32. The Morgan fingerprint density at radius 2 is 1.88 bits per heavy atom. The fraction of sp³-hybridized carbons (Fsp3) is 0.500. The molecule has 3 heterocycles. The highest BCUT2D eigenvalue weighted by Crippen LogP contribution is 2.28. The molecule has 0 radical (unpaired) electrons. The standard InChI is InChI=1S/C18H23N5O3/c1-22-16-12(20-11-7-9-19-10-8-11)3-2-4-13(16)23(18(22)26)14-5-6-15(24)21-17(14)25/h2-4,11,14,19-20H,5-10H2,1H3,(H,21,24,25). The average molecular weight is 357 g/mol. The van der Waals surface area contributed by atoms with E-state index in [1.165, 1.54) is 4.57 Å². The molecule has 8 nitrogen and oxygen atoms in total. The molecule has 26 heavy (non-hydrogen) atoms. The van der Waals surface area contributed by atoms with Gasteiger partial charge in [0.1, 0.15) is 6.04 Å². The second-order valence-electron chi connectivity index (χ2n) is 7.02. The second-order valence-corrected chi connectivity index (χ2v) is 7.02. The summed E-state index contributed by atoms with van der Waals surface area (Å²) in [6, 6.07) is 5.43. The topological polar surface area (TPSA) is 97.2 Å². The van der Waals surface area contributed by atoms with Gasteiger partial charge in [-0.25, -0.2) is 4.79 Å². The quantitative estimate of drug-likeness (QED) is 0.695. The second kappa shape index (κ2) is 6.60. The maximum Gasteiger partial charge on any atom is 0.329 e. The summed E-state index contributed by atoms with van der Waals surface area (Å²) in [6.07, 6.45) is 2.64. The first-order chi connectivity index (χ1) is 12.6. The number of fused-ring (bicyclic) bond motifs is 1. The Kier molecular flexibility index (Phi) is 4.28. The molecule has 2 saturated heterocycles. The van der Waals surface area contributed by atoms with Crippen LogP contribution in [-0.2, 0) is 16.6 Å². The van der Waals surface area contributed by atoms with Crippen molar-refractivity contribution in [2.24, 2.45) is 7.05 Å². The van der Waals surface area contributed by atoms with Crippen molar-refractivity contribution in [2.75, 3.05) is 18.4 Å². The lowest BCUT2D eigenvalue weighted by Gasteiger charge is -2.25. The van der Waals surface area contributed by atoms with Crippen molar-refractivity contribution in [2.45, 2.75) is 37.8 Å². The van der Waals surface area contributed by atoms with Gasteiger partial charge in [0.15, 0.2) is 0 Å². The van der Waals surface area contributed by atoms with Crippen molar-refractivity contribution >= 4 is 28.5 Å². The molecule has 3 N–H and O–H groups in total. The largest absolute Gasteiger partial charge is 0.380 e. The SMILES string of the molecule is Cn1c(=O)n(C2CCC(=O)NC2=O)c2cccc(NC3CCNCC3)c21. The summed E-state index contributed by atoms with van der Waals surface area (Å²) < 4.78 is 3.10. The van der Waals surface area contributed by atoms with Crippen molar-refractivity contribution in [1.82, 2.24) is 19.8 Å². The minimum Gasteiger partial charge on any atom is -0.380 e. The van der Waals surface area contributed by atoms with Crippen LogP contribution in [0.15, 0.2) is 23.0 Å². The first-order valence-electron chi connectivity index (χ1n) is 9.07. The minimum atomic E-state index is -0.655. The van der Waals surface area contributed by atoms with Gasteiger partial charge in [0, 0.05) is 19.5 Å². The summed E-state index contributed by atoms with van der Waals surface area (Å²) in [7, 11) is 1.72. The Morgan fingerprint density at radius 3 is 2.62 bits per heavy atom. The molecule has 2 aliphatic heterocycles. The highest BCUT2D eigenvalue weighted by molar-refractivity contribution is 6.00. The van der Waals surface area contributed by atoms with E-state index >= 15 is 0 Å². The van der Waals surface area contributed by atoms with Crippen molar-refractivity contribution in [1.29, 1.82) is 0 Å². The zero-order valence-electron chi connectivity index (χ0n) is 14.7. The van der Waals surface area contributed by atoms with Crippen LogP contribution < -0.4 is 21.6 Å². The monoisotopic (exact) mass is 357 g/mol. The smallest absolute Gasteiger partial charge is 0.329 e. The zero-order valence-corrected chi connectivity index (χ0v) is 14.7. The fourth-order valence-electron chi connectivity index (χ4n) is 3.97. The molecule has 0 saturated carbocycles. The Labute approximate surface area is 150 Å². The molecule has 2 fully saturated rings. The van der Waals surface area contributed by atoms with Crippen molar-refractivity contribution in [3.63, 3.8) is 0 Å². The molecule has 1 unspecified atom stereocenters. The molecular formula is C18H23N5O3. The van der Waals surface area contributed by atoms with Gasteiger partial charge >= 0.3 is 5.69 Å². The number of benzene rings is 1. The fourth-order valence-corrected chi connectivity index (χ4v) is 3.97. The molecule has 1 aromatic heterocycles. The van der Waals surface area contributed by atoms with Crippen LogP contribution in [0.3, 0.4) is 0 Å². The lowest BCUT2D eigenvalue weighted by molar-refractivity contribution is -0.135. The molecule has 0 aliphatic carbocycles. The minimum absolute atomic E-state index is 0.242. The summed E-state index contributed by atoms with van der Waals surface area (Å²) >= 11 is 0. The summed E-state index contributed by atoms with van der Waals surface area (Å²) in [5.74, 6) is -0.694. The number of imide groups is 1. The molecule has 2 aromatic rings. The number of nitrogens with one attached hydrogen (secondary N) is 3. The molecule has 2 amide bonds. The molecule has 8 heteroatoms. The lowest BCUT2D eigenvalue weighted by Crippen LogP contribution is -2.44. The van der Waals surface area contributed by atoms with Crippen LogP contribution in [-0.4, -0.2) is 40.1 Å². The number of rotatable bonds is 3. The summed E-state index contributed by atoms with van der Waals surface area (Å²) in [5, 5.41) is 9.24. The Balaban J connectivity index is 1.77. The van der Waals surface area contributed by atoms with Gasteiger partial charge in [-0.05, 0) is 44.5 Å². The van der Waals surface area contributed by atoms with E-state index in [4.69, 9.17) is 0 Å². The number of carbonyl (C=O) groups excluding carboxylic acids is 2. The number of aromatic nitrogens is 2. The van der Waals surface area contributed by atoms with Crippen LogP contribution in [0.1, 0.15) is 31.7 Å². The normalized spacial score (nSPS) is 21.8. The number of piperidine rings is 2. The molecular weight excluding hydrogens is 334 g/mol. The molecule has 0 spiro atoms. The highest BCUT2D eigenvalue weighted by Gasteiger charge is 2.31. The van der Waals surface area contributed by atoms with E-state index in [0.29, 0.717) is 18.0 Å². The molecule has 0 bridgehead atoms. The van der Waals surface area contributed by atoms with Gasteiger partial charge < -0.3 is 10.6 Å². The van der Waals surface area contributed by atoms with E-state index in [0.717, 1.165) is 37.1 Å². The Bertz CT molecular complexity index is 923. The van der Waals surface area contributed by atoms with E-state index in [1.54, 1.807) is 11.6 Å². The number of para-hydroxylation sites is 1. The Hall–Kier alpha value is -2.61. The third-order valence-corrected chi connectivity index (χ3v) is 5.32. The Morgan fingerprint density at radius 1 is 1.12 bits per heavy atom. The van der Waals surface area contributed by atoms with E-state index in [2.05, 4.69) is 16.0 Å². The third kappa shape index (κ3) is 2.80. The molecule has 2 aliphatic rings. The van der Waals surface area contributed by atoms with E-state index < -0.39 is 11.9 Å². The van der Waals surface area contributed by atoms with Crippen LogP contribution in [0.5, 0.6) is 0 Å². The van der Waals surface area contributed by atoms with Crippen molar-refractivity contribution in [3.05, 3.63) is 28.7 Å². The first-order valence-corrected chi connectivity index (χ1v) is 9.07. The maximum atomic E-state index is 12.9. The van der Waals surface area contributed by atoms with Gasteiger partial charge in [-0.2, -0.15) is 0 Å².